The second-order valence-corrected chi connectivity index (χ2v) is 4.92. The fourth-order valence-corrected chi connectivity index (χ4v) is 2.41. The van der Waals surface area contributed by atoms with E-state index in [-0.39, 0.29) is 5.97 Å². The average Bonchev–Trinajstić information content (AvgIpc) is 2.82. The third-order valence-corrected chi connectivity index (χ3v) is 3.64. The summed E-state index contributed by atoms with van der Waals surface area (Å²) in [7, 11) is 0. The Kier molecular flexibility index (Phi) is 4.52. The molecular weight excluding hydrogens is 260 g/mol. The molecule has 0 atom stereocenters. The highest BCUT2D eigenvalue weighted by atomic mass is 32.1. The van der Waals surface area contributed by atoms with Crippen molar-refractivity contribution in [2.45, 2.75) is 20.4 Å². The van der Waals surface area contributed by atoms with Gasteiger partial charge in [0.1, 0.15) is 0 Å². The molecule has 0 spiro atoms. The van der Waals surface area contributed by atoms with Crippen molar-refractivity contribution >= 4 is 23.0 Å². The van der Waals surface area contributed by atoms with Crippen LogP contribution in [0.1, 0.15) is 27.9 Å². The van der Waals surface area contributed by atoms with Crippen LogP contribution < -0.4 is 5.32 Å². The van der Waals surface area contributed by atoms with Gasteiger partial charge in [-0.25, -0.2) is 9.78 Å². The molecule has 2 rings (SSSR count). The first-order valence-electron chi connectivity index (χ1n) is 6.11. The van der Waals surface area contributed by atoms with E-state index in [2.05, 4.69) is 10.3 Å². The molecule has 100 valence electrons. The molecule has 19 heavy (non-hydrogen) atoms. The van der Waals surface area contributed by atoms with Crippen molar-refractivity contribution in [3.63, 3.8) is 0 Å². The molecule has 0 aliphatic heterocycles. The van der Waals surface area contributed by atoms with Crippen LogP contribution in [0.25, 0.3) is 0 Å². The van der Waals surface area contributed by atoms with Gasteiger partial charge in [0, 0.05) is 10.6 Å². The molecule has 1 aromatic carbocycles. The predicted octanol–water partition coefficient (Wildman–Crippen LogP) is 3.24. The lowest BCUT2D eigenvalue weighted by molar-refractivity contribution is 0.0527. The molecule has 1 aromatic heterocycles. The van der Waals surface area contributed by atoms with E-state index in [1.165, 1.54) is 4.88 Å². The van der Waals surface area contributed by atoms with Crippen LogP contribution in [0.4, 0.5) is 5.69 Å². The lowest BCUT2D eigenvalue weighted by Crippen LogP contribution is -2.09. The fourth-order valence-electron chi connectivity index (χ4n) is 1.70. The van der Waals surface area contributed by atoms with Crippen LogP contribution in [-0.2, 0) is 11.3 Å². The van der Waals surface area contributed by atoms with Gasteiger partial charge in [-0.1, -0.05) is 12.1 Å². The summed E-state index contributed by atoms with van der Waals surface area (Å²) in [6.07, 6.45) is 0. The highest BCUT2D eigenvalue weighted by molar-refractivity contribution is 7.09. The molecule has 0 saturated carbocycles. The molecule has 0 aliphatic carbocycles. The Morgan fingerprint density at radius 2 is 2.21 bits per heavy atom. The molecule has 5 heteroatoms. The summed E-state index contributed by atoms with van der Waals surface area (Å²) >= 11 is 1.60. The van der Waals surface area contributed by atoms with Crippen LogP contribution in [0.5, 0.6) is 0 Å². The van der Waals surface area contributed by atoms with Gasteiger partial charge in [0.15, 0.2) is 0 Å². The Morgan fingerprint density at radius 3 is 2.89 bits per heavy atom. The fraction of sp³-hybridized carbons (Fsp3) is 0.286. The van der Waals surface area contributed by atoms with Crippen LogP contribution in [0, 0.1) is 6.92 Å². The van der Waals surface area contributed by atoms with Gasteiger partial charge in [-0.05, 0) is 26.0 Å². The van der Waals surface area contributed by atoms with E-state index in [4.69, 9.17) is 4.74 Å². The summed E-state index contributed by atoms with van der Waals surface area (Å²) in [6, 6.07) is 7.36. The minimum atomic E-state index is -0.299. The number of rotatable bonds is 5. The zero-order chi connectivity index (χ0) is 13.7. The second-order valence-electron chi connectivity index (χ2n) is 3.98. The Hall–Kier alpha value is -1.88. The number of nitrogens with one attached hydrogen (secondary N) is 1. The molecule has 4 nitrogen and oxygen atoms in total. The second kappa shape index (κ2) is 6.33. The van der Waals surface area contributed by atoms with Gasteiger partial charge in [0.2, 0.25) is 0 Å². The number of carbonyl (C=O) groups excluding carboxylic acids is 1. The van der Waals surface area contributed by atoms with Crippen LogP contribution in [-0.4, -0.2) is 17.6 Å². The highest BCUT2D eigenvalue weighted by Crippen LogP contribution is 2.19. The Balaban J connectivity index is 2.12. The van der Waals surface area contributed by atoms with Gasteiger partial charge in [0.05, 0.1) is 29.9 Å². The Bertz CT molecular complexity index is 566. The standard InChI is InChI=1S/C14H16N2O2S/c1-3-18-14(17)11-6-4-5-7-12(11)15-8-13-10(2)16-9-19-13/h4-7,9,15H,3,8H2,1-2H3. The monoisotopic (exact) mass is 276 g/mol. The Morgan fingerprint density at radius 1 is 1.42 bits per heavy atom. The zero-order valence-electron chi connectivity index (χ0n) is 11.0. The molecule has 2 aromatic rings. The van der Waals surface area contributed by atoms with E-state index in [9.17, 15) is 4.79 Å². The molecule has 0 fully saturated rings. The maximum atomic E-state index is 11.8. The Labute approximate surface area is 116 Å². The van der Waals surface area contributed by atoms with Gasteiger partial charge in [0.25, 0.3) is 0 Å². The molecule has 1 heterocycles. The minimum Gasteiger partial charge on any atom is -0.462 e. The summed E-state index contributed by atoms with van der Waals surface area (Å²) in [5.74, 6) is -0.299. The van der Waals surface area contributed by atoms with Crippen LogP contribution in [0.3, 0.4) is 0 Å². The summed E-state index contributed by atoms with van der Waals surface area (Å²) in [6.45, 7) is 4.81. The average molecular weight is 276 g/mol. The molecule has 0 unspecified atom stereocenters. The zero-order valence-corrected chi connectivity index (χ0v) is 11.8. The third-order valence-electron chi connectivity index (χ3n) is 2.71. The molecule has 1 N–H and O–H groups in total. The predicted molar refractivity (Wildman–Crippen MR) is 76.6 cm³/mol. The number of esters is 1. The summed E-state index contributed by atoms with van der Waals surface area (Å²) < 4.78 is 5.04. The van der Waals surface area contributed by atoms with Crippen molar-refractivity contribution in [2.24, 2.45) is 0 Å². The van der Waals surface area contributed by atoms with Crippen molar-refractivity contribution in [1.82, 2.24) is 4.98 Å². The molecule has 0 saturated heterocycles. The number of ether oxygens (including phenoxy) is 1. The van der Waals surface area contributed by atoms with Gasteiger partial charge >= 0.3 is 5.97 Å². The van der Waals surface area contributed by atoms with Crippen molar-refractivity contribution < 1.29 is 9.53 Å². The van der Waals surface area contributed by atoms with Crippen LogP contribution in [0.15, 0.2) is 29.8 Å². The number of hydrogen-bond donors (Lipinski definition) is 1. The SMILES string of the molecule is CCOC(=O)c1ccccc1NCc1scnc1C. The maximum Gasteiger partial charge on any atom is 0.340 e. The number of aromatic nitrogens is 1. The topological polar surface area (TPSA) is 51.2 Å². The van der Waals surface area contributed by atoms with Gasteiger partial charge in [-0.15, -0.1) is 11.3 Å². The lowest BCUT2D eigenvalue weighted by Gasteiger charge is -2.10. The van der Waals surface area contributed by atoms with E-state index in [0.29, 0.717) is 18.7 Å². The number of nitrogens with zero attached hydrogens (tertiary/aromatic N) is 1. The van der Waals surface area contributed by atoms with Crippen LogP contribution in [0.2, 0.25) is 0 Å². The number of anilines is 1. The van der Waals surface area contributed by atoms with Gasteiger partial charge in [-0.3, -0.25) is 0 Å². The molecule has 0 amide bonds. The highest BCUT2D eigenvalue weighted by Gasteiger charge is 2.12. The number of para-hydroxylation sites is 1. The molecule has 0 aliphatic rings. The number of hydrogen-bond acceptors (Lipinski definition) is 5. The number of carbonyl (C=O) groups is 1. The smallest absolute Gasteiger partial charge is 0.340 e. The number of thiazole rings is 1. The third kappa shape index (κ3) is 3.32. The van der Waals surface area contributed by atoms with E-state index >= 15 is 0 Å². The quantitative estimate of drug-likeness (QED) is 0.852. The van der Waals surface area contributed by atoms with Crippen LogP contribution >= 0.6 is 11.3 Å². The molecule has 0 radical (unpaired) electrons. The maximum absolute atomic E-state index is 11.8. The van der Waals surface area contributed by atoms with E-state index in [1.54, 1.807) is 24.3 Å². The number of benzene rings is 1. The molecular formula is C14H16N2O2S. The lowest BCUT2D eigenvalue weighted by atomic mass is 10.2. The first-order valence-corrected chi connectivity index (χ1v) is 6.99. The van der Waals surface area contributed by atoms with Crippen molar-refractivity contribution in [3.05, 3.63) is 45.9 Å². The van der Waals surface area contributed by atoms with Gasteiger partial charge < -0.3 is 10.1 Å². The number of aryl methyl sites for hydroxylation is 1. The minimum absolute atomic E-state index is 0.299. The van der Waals surface area contributed by atoms with E-state index in [1.807, 2.05) is 30.6 Å². The summed E-state index contributed by atoms with van der Waals surface area (Å²) in [5.41, 5.74) is 4.19. The normalized spacial score (nSPS) is 10.2. The largest absolute Gasteiger partial charge is 0.462 e. The summed E-state index contributed by atoms with van der Waals surface area (Å²) in [5, 5.41) is 3.27. The first kappa shape index (κ1) is 13.5. The van der Waals surface area contributed by atoms with Crippen molar-refractivity contribution in [3.8, 4) is 0 Å². The first-order chi connectivity index (χ1) is 9.22. The summed E-state index contributed by atoms with van der Waals surface area (Å²) in [4.78, 5) is 17.2. The van der Waals surface area contributed by atoms with Crippen molar-refractivity contribution in [1.29, 1.82) is 0 Å². The van der Waals surface area contributed by atoms with Crippen molar-refractivity contribution in [2.75, 3.05) is 11.9 Å². The van der Waals surface area contributed by atoms with E-state index < -0.39 is 0 Å². The van der Waals surface area contributed by atoms with Gasteiger partial charge in [-0.2, -0.15) is 0 Å². The van der Waals surface area contributed by atoms with E-state index in [0.717, 1.165) is 11.4 Å². The molecule has 0 bridgehead atoms.